The number of carbonyl (C=O) groups is 2. The first-order chi connectivity index (χ1) is 8.93. The number of aliphatic carboxylic acids is 1. The molecule has 2 rings (SSSR count). The second-order valence-corrected chi connectivity index (χ2v) is 6.34. The van der Waals surface area contributed by atoms with E-state index in [-0.39, 0.29) is 18.6 Å². The van der Waals surface area contributed by atoms with E-state index in [0.29, 0.717) is 0 Å². The predicted octanol–water partition coefficient (Wildman–Crippen LogP) is 2.27. The summed E-state index contributed by atoms with van der Waals surface area (Å²) in [5.41, 5.74) is 0. The number of morpholine rings is 1. The molecule has 0 bridgehead atoms. The van der Waals surface area contributed by atoms with Crippen LogP contribution in [0.15, 0.2) is 15.9 Å². The van der Waals surface area contributed by atoms with E-state index < -0.39 is 18.1 Å². The highest BCUT2D eigenvalue weighted by molar-refractivity contribution is 9.10. The predicted molar refractivity (Wildman–Crippen MR) is 74.1 cm³/mol. The number of hydrogen-bond donors (Lipinski definition) is 1. The van der Waals surface area contributed by atoms with Gasteiger partial charge in [0.15, 0.2) is 6.10 Å². The largest absolute Gasteiger partial charge is 0.479 e. The van der Waals surface area contributed by atoms with Crippen LogP contribution >= 0.6 is 27.3 Å². The highest BCUT2D eigenvalue weighted by atomic mass is 79.9. The quantitative estimate of drug-likeness (QED) is 0.910. The van der Waals surface area contributed by atoms with Gasteiger partial charge >= 0.3 is 5.97 Å². The van der Waals surface area contributed by atoms with Crippen LogP contribution in [0.2, 0.25) is 0 Å². The van der Waals surface area contributed by atoms with Gasteiger partial charge in [0.25, 0.3) is 0 Å². The summed E-state index contributed by atoms with van der Waals surface area (Å²) >= 11 is 4.82. The fraction of sp³-hybridized carbons (Fsp3) is 0.500. The lowest BCUT2D eigenvalue weighted by Crippen LogP contribution is -2.54. The van der Waals surface area contributed by atoms with Crippen LogP contribution in [0.25, 0.3) is 0 Å². The molecule has 0 radical (unpaired) electrons. The van der Waals surface area contributed by atoms with Gasteiger partial charge in [-0.1, -0.05) is 0 Å². The fourth-order valence-corrected chi connectivity index (χ4v) is 3.95. The summed E-state index contributed by atoms with van der Waals surface area (Å²) < 4.78 is 6.02. The average molecular weight is 348 g/mol. The molecule has 1 aliphatic heterocycles. The van der Waals surface area contributed by atoms with Crippen LogP contribution < -0.4 is 0 Å². The molecule has 1 N–H and O–H groups in total. The SMILES string of the molecule is CC(C)N1C(=O)COC(C(=O)O)C1c1sccc1Br. The smallest absolute Gasteiger partial charge is 0.335 e. The number of carboxylic acid groups (broad SMARTS) is 1. The summed E-state index contributed by atoms with van der Waals surface area (Å²) in [6.45, 7) is 3.56. The Labute approximate surface area is 123 Å². The van der Waals surface area contributed by atoms with Gasteiger partial charge in [-0.2, -0.15) is 0 Å². The van der Waals surface area contributed by atoms with Crippen LogP contribution in [-0.2, 0) is 14.3 Å². The van der Waals surface area contributed by atoms with E-state index in [9.17, 15) is 14.7 Å². The lowest BCUT2D eigenvalue weighted by molar-refractivity contribution is -0.175. The first-order valence-corrected chi connectivity index (χ1v) is 7.49. The number of halogens is 1. The third kappa shape index (κ3) is 2.68. The Hall–Kier alpha value is -0.920. The summed E-state index contributed by atoms with van der Waals surface area (Å²) in [5, 5.41) is 11.2. The zero-order valence-corrected chi connectivity index (χ0v) is 12.9. The monoisotopic (exact) mass is 347 g/mol. The minimum Gasteiger partial charge on any atom is -0.479 e. The normalized spacial score (nSPS) is 24.0. The Morgan fingerprint density at radius 1 is 1.63 bits per heavy atom. The van der Waals surface area contributed by atoms with Crippen molar-refractivity contribution in [3.8, 4) is 0 Å². The van der Waals surface area contributed by atoms with Crippen LogP contribution in [0.1, 0.15) is 24.8 Å². The summed E-state index contributed by atoms with van der Waals surface area (Å²) in [6.07, 6.45) is -1.03. The van der Waals surface area contributed by atoms with Crippen molar-refractivity contribution in [2.75, 3.05) is 6.61 Å². The van der Waals surface area contributed by atoms with E-state index in [2.05, 4.69) is 15.9 Å². The number of ether oxygens (including phenoxy) is 1. The van der Waals surface area contributed by atoms with Gasteiger partial charge < -0.3 is 14.7 Å². The maximum atomic E-state index is 12.0. The lowest BCUT2D eigenvalue weighted by atomic mass is 10.0. The summed E-state index contributed by atoms with van der Waals surface area (Å²) in [7, 11) is 0. The van der Waals surface area contributed by atoms with Gasteiger partial charge in [-0.25, -0.2) is 4.79 Å². The Balaban J connectivity index is 2.47. The first-order valence-electron chi connectivity index (χ1n) is 5.82. The fourth-order valence-electron chi connectivity index (χ4n) is 2.22. The third-order valence-electron chi connectivity index (χ3n) is 2.97. The van der Waals surface area contributed by atoms with Crippen molar-refractivity contribution in [1.29, 1.82) is 0 Å². The van der Waals surface area contributed by atoms with Gasteiger partial charge in [0.1, 0.15) is 12.6 Å². The topological polar surface area (TPSA) is 66.8 Å². The second kappa shape index (κ2) is 5.60. The molecular weight excluding hydrogens is 334 g/mol. The highest BCUT2D eigenvalue weighted by Gasteiger charge is 2.44. The Kier molecular flexibility index (Phi) is 4.27. The van der Waals surface area contributed by atoms with Crippen molar-refractivity contribution in [1.82, 2.24) is 4.90 Å². The molecule has 2 atom stereocenters. The van der Waals surface area contributed by atoms with Gasteiger partial charge in [0.2, 0.25) is 5.91 Å². The van der Waals surface area contributed by atoms with Crippen LogP contribution in [0, 0.1) is 0 Å². The zero-order chi connectivity index (χ0) is 14.2. The second-order valence-electron chi connectivity index (χ2n) is 4.54. The van der Waals surface area contributed by atoms with E-state index in [4.69, 9.17) is 4.74 Å². The molecule has 1 saturated heterocycles. The molecule has 1 aliphatic rings. The van der Waals surface area contributed by atoms with Crippen LogP contribution in [0.5, 0.6) is 0 Å². The molecule has 5 nitrogen and oxygen atoms in total. The third-order valence-corrected chi connectivity index (χ3v) is 4.92. The molecule has 0 saturated carbocycles. The van der Waals surface area contributed by atoms with E-state index >= 15 is 0 Å². The van der Waals surface area contributed by atoms with E-state index in [0.717, 1.165) is 9.35 Å². The summed E-state index contributed by atoms with van der Waals surface area (Å²) in [6, 6.07) is 1.17. The molecule has 0 aromatic carbocycles. The molecule has 0 aliphatic carbocycles. The Bertz CT molecular complexity index is 502. The number of carboxylic acids is 1. The minimum absolute atomic E-state index is 0.0859. The molecule has 2 unspecified atom stereocenters. The molecule has 0 spiro atoms. The van der Waals surface area contributed by atoms with Crippen molar-refractivity contribution in [2.45, 2.75) is 32.0 Å². The molecule has 2 heterocycles. The first kappa shape index (κ1) is 14.5. The number of hydrogen-bond acceptors (Lipinski definition) is 4. The van der Waals surface area contributed by atoms with Crippen molar-refractivity contribution in [3.63, 3.8) is 0 Å². The number of nitrogens with zero attached hydrogens (tertiary/aromatic N) is 1. The molecule has 19 heavy (non-hydrogen) atoms. The standard InChI is InChI=1S/C12H14BrNO4S/c1-6(2)14-8(15)5-18-10(12(16)17)9(14)11-7(13)3-4-19-11/h3-4,6,9-10H,5H2,1-2H3,(H,16,17). The lowest BCUT2D eigenvalue weighted by Gasteiger charge is -2.41. The average Bonchev–Trinajstić information content (AvgIpc) is 2.73. The molecule has 1 aromatic heterocycles. The van der Waals surface area contributed by atoms with Crippen molar-refractivity contribution in [2.24, 2.45) is 0 Å². The zero-order valence-electron chi connectivity index (χ0n) is 10.5. The molecule has 104 valence electrons. The van der Waals surface area contributed by atoms with Gasteiger partial charge in [0, 0.05) is 15.4 Å². The number of amides is 1. The van der Waals surface area contributed by atoms with Gasteiger partial charge in [-0.15, -0.1) is 11.3 Å². The van der Waals surface area contributed by atoms with Gasteiger partial charge in [-0.05, 0) is 41.2 Å². The molecule has 1 fully saturated rings. The highest BCUT2D eigenvalue weighted by Crippen LogP contribution is 2.39. The van der Waals surface area contributed by atoms with Crippen LogP contribution in [0.3, 0.4) is 0 Å². The van der Waals surface area contributed by atoms with Crippen LogP contribution in [0.4, 0.5) is 0 Å². The number of carbonyl (C=O) groups excluding carboxylic acids is 1. The summed E-state index contributed by atoms with van der Waals surface area (Å²) in [5.74, 6) is -1.23. The van der Waals surface area contributed by atoms with Gasteiger partial charge in [0.05, 0.1) is 0 Å². The summed E-state index contributed by atoms with van der Waals surface area (Å²) in [4.78, 5) is 25.8. The van der Waals surface area contributed by atoms with E-state index in [1.54, 1.807) is 4.90 Å². The minimum atomic E-state index is -1.05. The molecule has 1 amide bonds. The van der Waals surface area contributed by atoms with E-state index in [1.165, 1.54) is 11.3 Å². The molecular formula is C12H14BrNO4S. The number of thiophene rings is 1. The maximum Gasteiger partial charge on any atom is 0.335 e. The molecule has 7 heteroatoms. The molecule has 1 aromatic rings. The Morgan fingerprint density at radius 3 is 2.79 bits per heavy atom. The number of rotatable bonds is 3. The Morgan fingerprint density at radius 2 is 2.32 bits per heavy atom. The van der Waals surface area contributed by atoms with Crippen LogP contribution in [-0.4, -0.2) is 40.6 Å². The maximum absolute atomic E-state index is 12.0. The van der Waals surface area contributed by atoms with Gasteiger partial charge in [-0.3, -0.25) is 4.79 Å². The van der Waals surface area contributed by atoms with Crippen molar-refractivity contribution in [3.05, 3.63) is 20.8 Å². The van der Waals surface area contributed by atoms with Crippen molar-refractivity contribution < 1.29 is 19.4 Å². The van der Waals surface area contributed by atoms with Crippen molar-refractivity contribution >= 4 is 39.1 Å². The van der Waals surface area contributed by atoms with E-state index in [1.807, 2.05) is 25.3 Å².